The van der Waals surface area contributed by atoms with Crippen molar-refractivity contribution in [1.29, 1.82) is 0 Å². The van der Waals surface area contributed by atoms with Crippen LogP contribution in [0.4, 0.5) is 4.39 Å². The molecule has 9 nitrogen and oxygen atoms in total. The number of aryl methyl sites for hydroxylation is 1. The summed E-state index contributed by atoms with van der Waals surface area (Å²) in [5.41, 5.74) is 2.16. The summed E-state index contributed by atoms with van der Waals surface area (Å²) < 4.78 is 24.6. The molecule has 0 N–H and O–H groups in total. The van der Waals surface area contributed by atoms with E-state index in [4.69, 9.17) is 9.47 Å². The second-order valence-electron chi connectivity index (χ2n) is 8.61. The van der Waals surface area contributed by atoms with Crippen molar-refractivity contribution in [1.82, 2.24) is 19.8 Å². The van der Waals surface area contributed by atoms with Crippen molar-refractivity contribution in [2.45, 2.75) is 26.1 Å². The lowest BCUT2D eigenvalue weighted by Crippen LogP contribution is -2.40. The standard InChI is InChI=1S/C26H27FN4O5/c1-17-11-22(21-4-3-19(27)12-23(21)29-17)26(34)31-14-20(36-16-18-5-8-28-9-6-18)13-30(24(32)15-31)10-7-25(33)35-2/h3-6,8-9,11-12,20H,7,10,13-16H2,1-2H3/t20-/m0/s1. The number of methoxy groups -OCH3 is 1. The second kappa shape index (κ2) is 11.2. The molecule has 2 amide bonds. The van der Waals surface area contributed by atoms with E-state index < -0.39 is 17.9 Å². The van der Waals surface area contributed by atoms with Crippen molar-refractivity contribution in [2.75, 3.05) is 33.3 Å². The Morgan fingerprint density at radius 2 is 1.92 bits per heavy atom. The molecule has 0 saturated carbocycles. The number of rotatable bonds is 7. The van der Waals surface area contributed by atoms with Crippen LogP contribution in [0.25, 0.3) is 10.9 Å². The summed E-state index contributed by atoms with van der Waals surface area (Å²) in [5, 5.41) is 0.500. The number of halogens is 1. The molecule has 1 aromatic carbocycles. The van der Waals surface area contributed by atoms with Crippen LogP contribution in [0, 0.1) is 12.7 Å². The maximum atomic E-state index is 13.8. The molecule has 0 spiro atoms. The molecular formula is C26H27FN4O5. The highest BCUT2D eigenvalue weighted by Crippen LogP contribution is 2.22. The molecule has 4 rings (SSSR count). The van der Waals surface area contributed by atoms with E-state index in [0.29, 0.717) is 22.2 Å². The van der Waals surface area contributed by atoms with Gasteiger partial charge in [-0.3, -0.25) is 24.4 Å². The van der Waals surface area contributed by atoms with Crippen LogP contribution in [0.3, 0.4) is 0 Å². The van der Waals surface area contributed by atoms with Gasteiger partial charge >= 0.3 is 5.97 Å². The van der Waals surface area contributed by atoms with Gasteiger partial charge in [-0.05, 0) is 42.8 Å². The zero-order chi connectivity index (χ0) is 25.7. The smallest absolute Gasteiger partial charge is 0.307 e. The van der Waals surface area contributed by atoms with Gasteiger partial charge < -0.3 is 19.3 Å². The lowest BCUT2D eigenvalue weighted by molar-refractivity contribution is -0.142. The van der Waals surface area contributed by atoms with Gasteiger partial charge in [0.1, 0.15) is 12.4 Å². The van der Waals surface area contributed by atoms with Crippen molar-refractivity contribution >= 4 is 28.7 Å². The van der Waals surface area contributed by atoms with Crippen LogP contribution in [-0.4, -0.2) is 76.9 Å². The molecule has 0 bridgehead atoms. The van der Waals surface area contributed by atoms with Crippen molar-refractivity contribution in [3.05, 3.63) is 71.4 Å². The number of carbonyl (C=O) groups is 3. The normalized spacial score (nSPS) is 16.2. The van der Waals surface area contributed by atoms with E-state index in [1.165, 1.54) is 35.1 Å². The molecule has 1 fully saturated rings. The van der Waals surface area contributed by atoms with E-state index in [-0.39, 0.29) is 51.0 Å². The molecule has 2 aromatic heterocycles. The summed E-state index contributed by atoms with van der Waals surface area (Å²) >= 11 is 0. The van der Waals surface area contributed by atoms with E-state index in [2.05, 4.69) is 9.97 Å². The number of benzene rings is 1. The van der Waals surface area contributed by atoms with Crippen molar-refractivity contribution in [2.24, 2.45) is 0 Å². The van der Waals surface area contributed by atoms with Gasteiger partial charge in [-0.15, -0.1) is 0 Å². The van der Waals surface area contributed by atoms with Crippen LogP contribution in [0.1, 0.15) is 28.0 Å². The molecule has 0 aliphatic carbocycles. The van der Waals surface area contributed by atoms with Gasteiger partial charge in [0.25, 0.3) is 5.91 Å². The molecule has 3 aromatic rings. The maximum absolute atomic E-state index is 13.8. The van der Waals surface area contributed by atoms with Crippen molar-refractivity contribution in [3.8, 4) is 0 Å². The molecule has 36 heavy (non-hydrogen) atoms. The average molecular weight is 495 g/mol. The predicted octanol–water partition coefficient (Wildman–Crippen LogP) is 2.51. The van der Waals surface area contributed by atoms with Crippen LogP contribution in [-0.2, 0) is 25.7 Å². The molecule has 1 atom stereocenters. The summed E-state index contributed by atoms with van der Waals surface area (Å²) in [4.78, 5) is 49.8. The number of ether oxygens (including phenoxy) is 2. The first-order valence-corrected chi connectivity index (χ1v) is 11.6. The fourth-order valence-electron chi connectivity index (χ4n) is 4.16. The fraction of sp³-hybridized carbons (Fsp3) is 0.346. The summed E-state index contributed by atoms with van der Waals surface area (Å²) in [7, 11) is 1.29. The minimum absolute atomic E-state index is 0.0347. The minimum atomic E-state index is -0.502. The van der Waals surface area contributed by atoms with Crippen LogP contribution < -0.4 is 0 Å². The van der Waals surface area contributed by atoms with Crippen LogP contribution in [0.5, 0.6) is 0 Å². The Hall–Kier alpha value is -3.92. The molecule has 10 heteroatoms. The highest BCUT2D eigenvalue weighted by Gasteiger charge is 2.32. The number of fused-ring (bicyclic) bond motifs is 1. The third-order valence-electron chi connectivity index (χ3n) is 5.99. The van der Waals surface area contributed by atoms with E-state index in [1.807, 2.05) is 12.1 Å². The number of amides is 2. The van der Waals surface area contributed by atoms with Gasteiger partial charge in [0, 0.05) is 49.2 Å². The monoisotopic (exact) mass is 494 g/mol. The van der Waals surface area contributed by atoms with Crippen LogP contribution in [0.15, 0.2) is 48.8 Å². The Morgan fingerprint density at radius 3 is 2.67 bits per heavy atom. The number of hydrogen-bond donors (Lipinski definition) is 0. The molecule has 1 aliphatic heterocycles. The average Bonchev–Trinajstić information content (AvgIpc) is 3.03. The van der Waals surface area contributed by atoms with Gasteiger partial charge in [0.15, 0.2) is 0 Å². The third kappa shape index (κ3) is 6.01. The second-order valence-corrected chi connectivity index (χ2v) is 8.61. The quantitative estimate of drug-likeness (QED) is 0.465. The van der Waals surface area contributed by atoms with E-state index in [1.54, 1.807) is 25.4 Å². The number of hydrogen-bond acceptors (Lipinski definition) is 7. The largest absolute Gasteiger partial charge is 0.469 e. The van der Waals surface area contributed by atoms with Gasteiger partial charge in [-0.1, -0.05) is 0 Å². The van der Waals surface area contributed by atoms with E-state index in [0.717, 1.165) is 5.56 Å². The van der Waals surface area contributed by atoms with Gasteiger partial charge in [-0.25, -0.2) is 4.39 Å². The highest BCUT2D eigenvalue weighted by molar-refractivity contribution is 6.07. The van der Waals surface area contributed by atoms with Gasteiger partial charge in [-0.2, -0.15) is 0 Å². The van der Waals surface area contributed by atoms with Gasteiger partial charge in [0.2, 0.25) is 5.91 Å². The number of nitrogens with zero attached hydrogens (tertiary/aromatic N) is 4. The lowest BCUT2D eigenvalue weighted by Gasteiger charge is -2.25. The first-order valence-electron chi connectivity index (χ1n) is 11.6. The summed E-state index contributed by atoms with van der Waals surface area (Å²) in [5.74, 6) is -1.56. The molecular weight excluding hydrogens is 467 g/mol. The van der Waals surface area contributed by atoms with Gasteiger partial charge in [0.05, 0.1) is 37.3 Å². The highest BCUT2D eigenvalue weighted by atomic mass is 19.1. The van der Waals surface area contributed by atoms with Crippen molar-refractivity contribution < 1.29 is 28.2 Å². The molecule has 0 unspecified atom stereocenters. The summed E-state index contributed by atoms with van der Waals surface area (Å²) in [6, 6.07) is 9.36. The Labute approximate surface area is 207 Å². The number of carbonyl (C=O) groups excluding carboxylic acids is 3. The molecule has 188 valence electrons. The molecule has 0 radical (unpaired) electrons. The number of esters is 1. The Kier molecular flexibility index (Phi) is 7.84. The Morgan fingerprint density at radius 1 is 1.14 bits per heavy atom. The zero-order valence-electron chi connectivity index (χ0n) is 20.1. The maximum Gasteiger partial charge on any atom is 0.307 e. The first-order chi connectivity index (χ1) is 17.3. The molecule has 1 aliphatic rings. The minimum Gasteiger partial charge on any atom is -0.469 e. The topological polar surface area (TPSA) is 102 Å². The summed E-state index contributed by atoms with van der Waals surface area (Å²) in [6.45, 7) is 2.34. The predicted molar refractivity (Wildman–Crippen MR) is 128 cm³/mol. The van der Waals surface area contributed by atoms with Crippen molar-refractivity contribution in [3.63, 3.8) is 0 Å². The SMILES string of the molecule is COC(=O)CCN1C[C@H](OCc2ccncc2)CN(C(=O)c2cc(C)nc3cc(F)ccc23)CC1=O. The number of pyridine rings is 2. The third-order valence-corrected chi connectivity index (χ3v) is 5.99. The number of aromatic nitrogens is 2. The van der Waals surface area contributed by atoms with Crippen LogP contribution >= 0.6 is 0 Å². The lowest BCUT2D eigenvalue weighted by atomic mass is 10.1. The molecule has 3 heterocycles. The Bertz CT molecular complexity index is 1260. The van der Waals surface area contributed by atoms with E-state index >= 15 is 0 Å². The van der Waals surface area contributed by atoms with E-state index in [9.17, 15) is 18.8 Å². The zero-order valence-corrected chi connectivity index (χ0v) is 20.1. The summed E-state index contributed by atoms with van der Waals surface area (Å²) in [6.07, 6.45) is 2.85. The molecule has 1 saturated heterocycles. The Balaban J connectivity index is 1.60. The fourth-order valence-corrected chi connectivity index (χ4v) is 4.16. The van der Waals surface area contributed by atoms with Crippen LogP contribution in [0.2, 0.25) is 0 Å². The first kappa shape index (κ1) is 25.2.